The molecule has 2 amide bonds. The predicted molar refractivity (Wildman–Crippen MR) is 243 cm³/mol. The van der Waals surface area contributed by atoms with Crippen LogP contribution < -0.4 is 21.5 Å². The Morgan fingerprint density at radius 3 is 0.883 bits per heavy atom. The number of nitrogens with one attached hydrogen (secondary N) is 4. The maximum Gasteiger partial charge on any atom is 0.336 e. The molecule has 0 bridgehead atoms. The highest BCUT2D eigenvalue weighted by Gasteiger charge is 2.27. The molecule has 2 fully saturated rings. The molecule has 60 heavy (non-hydrogen) atoms. The first-order chi connectivity index (χ1) is 27.7. The fourth-order valence-corrected chi connectivity index (χ4v) is 8.94. The third kappa shape index (κ3) is 11.3. The van der Waals surface area contributed by atoms with Gasteiger partial charge >= 0.3 is 11.9 Å². The van der Waals surface area contributed by atoms with Crippen molar-refractivity contribution in [1.82, 2.24) is 31.5 Å². The number of hydrazine groups is 2. The van der Waals surface area contributed by atoms with Gasteiger partial charge in [0.25, 0.3) is 11.8 Å². The van der Waals surface area contributed by atoms with Crippen LogP contribution in [0.1, 0.15) is 150 Å². The Balaban J connectivity index is 0.000000318. The Morgan fingerprint density at radius 2 is 0.667 bits per heavy atom. The van der Waals surface area contributed by atoms with Gasteiger partial charge < -0.3 is 20.8 Å². The number of aromatic carboxylic acids is 2. The minimum Gasteiger partial charge on any atom is -0.478 e. The van der Waals surface area contributed by atoms with Crippen molar-refractivity contribution in [2.24, 2.45) is 0 Å². The molecule has 7 rings (SSSR count). The first-order valence-corrected chi connectivity index (χ1v) is 21.1. The number of hydrogen-bond donors (Lipinski definition) is 6. The molecule has 2 aliphatic rings. The summed E-state index contributed by atoms with van der Waals surface area (Å²) in [5.74, 6) is -3.07. The maximum atomic E-state index is 13.5. The molecule has 2 heterocycles. The van der Waals surface area contributed by atoms with Crippen LogP contribution in [0.5, 0.6) is 0 Å². The SMILES string of the molecule is CC(C)(C)NC(C)(C)C.CC(C)(C)NC(C)(C)C.O=C(O)c1ccc2c3ccc(C(=O)NN4CCCC4)c4c(C(=O)O)ccc(c5ccc(C(=O)NN6CCCC6)c1c25)c43. The summed E-state index contributed by atoms with van der Waals surface area (Å²) >= 11 is 0. The van der Waals surface area contributed by atoms with Gasteiger partial charge in [-0.05, 0) is 165 Å². The van der Waals surface area contributed by atoms with Gasteiger partial charge in [-0.1, -0.05) is 24.3 Å². The monoisotopic (exact) mass is 823 g/mol. The van der Waals surface area contributed by atoms with Gasteiger partial charge in [0.1, 0.15) is 0 Å². The molecule has 0 unspecified atom stereocenters. The third-order valence-corrected chi connectivity index (χ3v) is 10.1. The standard InChI is InChI=1S/C32H28N4O6.2C8H19N/c37-29(33-35-13-1-2-14-35)21-9-5-17-20-8-12-24(32(41)42)28-22(30(38)34-36-15-3-4-16-36)10-6-18(26(20)28)19-7-11-23(31(39)40)27(21)25(17)19;2*1-7(2,3)9-8(4,5)6/h5-12H,1-4,13-16H2,(H,33,37)(H,34,38)(H,39,40)(H,41,42);2*9H,1-6H3. The lowest BCUT2D eigenvalue weighted by molar-refractivity contribution is 0.0688. The van der Waals surface area contributed by atoms with Crippen LogP contribution in [0.4, 0.5) is 0 Å². The zero-order valence-electron chi connectivity index (χ0n) is 37.7. The number of carboxylic acids is 2. The number of amides is 2. The number of carbonyl (C=O) groups is 4. The van der Waals surface area contributed by atoms with Gasteiger partial charge in [0, 0.05) is 70.2 Å². The molecular weight excluding hydrogens is 757 g/mol. The molecule has 324 valence electrons. The molecule has 2 saturated heterocycles. The zero-order chi connectivity index (χ0) is 44.5. The molecule has 0 aliphatic carbocycles. The average Bonchev–Trinajstić information content (AvgIpc) is 3.82. The highest BCUT2D eigenvalue weighted by molar-refractivity contribution is 6.38. The summed E-state index contributed by atoms with van der Waals surface area (Å²) in [7, 11) is 0. The Kier molecular flexibility index (Phi) is 13.6. The maximum absolute atomic E-state index is 13.5. The second-order valence-electron chi connectivity index (χ2n) is 20.3. The van der Waals surface area contributed by atoms with Crippen molar-refractivity contribution in [3.63, 3.8) is 0 Å². The van der Waals surface area contributed by atoms with Crippen molar-refractivity contribution in [3.8, 4) is 0 Å². The van der Waals surface area contributed by atoms with Crippen molar-refractivity contribution >= 4 is 66.8 Å². The minimum absolute atomic E-state index is 0.00522. The minimum atomic E-state index is -1.15. The lowest BCUT2D eigenvalue weighted by Gasteiger charge is -2.31. The van der Waals surface area contributed by atoms with E-state index < -0.39 is 11.9 Å². The first kappa shape index (κ1) is 46.2. The summed E-state index contributed by atoms with van der Waals surface area (Å²) in [6.45, 7) is 29.1. The molecule has 6 N–H and O–H groups in total. The van der Waals surface area contributed by atoms with Crippen LogP contribution in [0.3, 0.4) is 0 Å². The van der Waals surface area contributed by atoms with Crippen LogP contribution in [-0.2, 0) is 0 Å². The number of fused-ring (bicyclic) bond motifs is 2. The number of benzene rings is 5. The van der Waals surface area contributed by atoms with E-state index in [1.807, 2.05) is 10.0 Å². The van der Waals surface area contributed by atoms with Crippen LogP contribution in [0.2, 0.25) is 0 Å². The lowest BCUT2D eigenvalue weighted by Crippen LogP contribution is -2.48. The number of carboxylic acid groups (broad SMARTS) is 2. The van der Waals surface area contributed by atoms with Gasteiger partial charge in [0.15, 0.2) is 0 Å². The van der Waals surface area contributed by atoms with E-state index in [9.17, 15) is 29.4 Å². The molecular formula is C48H66N6O6. The third-order valence-electron chi connectivity index (χ3n) is 10.1. The van der Waals surface area contributed by atoms with Crippen molar-refractivity contribution in [3.05, 3.63) is 70.8 Å². The summed E-state index contributed by atoms with van der Waals surface area (Å²) in [6, 6.07) is 13.2. The smallest absolute Gasteiger partial charge is 0.336 e. The second kappa shape index (κ2) is 17.6. The van der Waals surface area contributed by atoms with Crippen molar-refractivity contribution in [2.75, 3.05) is 26.2 Å². The van der Waals surface area contributed by atoms with Gasteiger partial charge in [0.2, 0.25) is 0 Å². The van der Waals surface area contributed by atoms with Gasteiger partial charge in [-0.25, -0.2) is 19.6 Å². The average molecular weight is 823 g/mol. The van der Waals surface area contributed by atoms with Crippen LogP contribution >= 0.6 is 0 Å². The van der Waals surface area contributed by atoms with E-state index in [-0.39, 0.29) is 56.2 Å². The van der Waals surface area contributed by atoms with E-state index in [4.69, 9.17) is 0 Å². The molecule has 5 aromatic carbocycles. The number of carbonyl (C=O) groups excluding carboxylic acids is 2. The van der Waals surface area contributed by atoms with Crippen LogP contribution in [0.15, 0.2) is 48.5 Å². The molecule has 2 aliphatic heterocycles. The second-order valence-corrected chi connectivity index (χ2v) is 20.3. The molecule has 12 nitrogen and oxygen atoms in total. The Hall–Kier alpha value is -4.88. The Bertz CT molecular complexity index is 2170. The van der Waals surface area contributed by atoms with E-state index in [2.05, 4.69) is 105 Å². The van der Waals surface area contributed by atoms with Crippen LogP contribution in [0.25, 0.3) is 43.1 Å². The molecule has 0 saturated carbocycles. The Labute approximate surface area is 354 Å². The normalized spacial score (nSPS) is 15.5. The van der Waals surface area contributed by atoms with Crippen LogP contribution in [0, 0.1) is 0 Å². The summed E-state index contributed by atoms with van der Waals surface area (Å²) < 4.78 is 0. The molecule has 0 spiro atoms. The van der Waals surface area contributed by atoms with Gasteiger partial charge in [-0.2, -0.15) is 0 Å². The van der Waals surface area contributed by atoms with Crippen molar-refractivity contribution < 1.29 is 29.4 Å². The largest absolute Gasteiger partial charge is 0.478 e. The van der Waals surface area contributed by atoms with E-state index in [1.54, 1.807) is 36.4 Å². The highest BCUT2D eigenvalue weighted by Crippen LogP contribution is 2.44. The molecule has 12 heteroatoms. The predicted octanol–water partition coefficient (Wildman–Crippen LogP) is 8.96. The molecule has 5 aromatic rings. The van der Waals surface area contributed by atoms with Crippen LogP contribution in [-0.4, -0.2) is 92.3 Å². The first-order valence-electron chi connectivity index (χ1n) is 21.1. The number of hydrogen-bond acceptors (Lipinski definition) is 8. The summed E-state index contributed by atoms with van der Waals surface area (Å²) in [4.78, 5) is 51.8. The van der Waals surface area contributed by atoms with E-state index in [0.29, 0.717) is 43.1 Å². The van der Waals surface area contributed by atoms with Gasteiger partial charge in [0.05, 0.1) is 11.1 Å². The summed E-state index contributed by atoms with van der Waals surface area (Å²) in [5.41, 5.74) is 7.30. The summed E-state index contributed by atoms with van der Waals surface area (Å²) in [5, 5.41) is 35.5. The van der Waals surface area contributed by atoms with E-state index in [1.165, 1.54) is 12.1 Å². The topological polar surface area (TPSA) is 163 Å². The van der Waals surface area contributed by atoms with E-state index in [0.717, 1.165) is 51.9 Å². The highest BCUT2D eigenvalue weighted by atomic mass is 16.4. The zero-order valence-corrected chi connectivity index (χ0v) is 37.7. The molecule has 0 atom stereocenters. The fraction of sp³-hybridized carbons (Fsp3) is 0.500. The van der Waals surface area contributed by atoms with Gasteiger partial charge in [-0.15, -0.1) is 0 Å². The number of rotatable bonds is 6. The lowest BCUT2D eigenvalue weighted by atomic mass is 9.84. The van der Waals surface area contributed by atoms with E-state index >= 15 is 0 Å². The van der Waals surface area contributed by atoms with Crippen molar-refractivity contribution in [2.45, 2.75) is 131 Å². The van der Waals surface area contributed by atoms with Crippen molar-refractivity contribution in [1.29, 1.82) is 0 Å². The molecule has 0 radical (unpaired) electrons. The number of nitrogens with zero attached hydrogens (tertiary/aromatic N) is 2. The molecule has 0 aromatic heterocycles. The fourth-order valence-electron chi connectivity index (χ4n) is 8.94. The quantitative estimate of drug-likeness (QED) is 0.0720. The van der Waals surface area contributed by atoms with Gasteiger partial charge in [-0.3, -0.25) is 20.4 Å². The Morgan fingerprint density at radius 1 is 0.417 bits per heavy atom. The summed E-state index contributed by atoms with van der Waals surface area (Å²) in [6.07, 6.45) is 3.90.